The summed E-state index contributed by atoms with van der Waals surface area (Å²) in [6.07, 6.45) is -4.55. The molecule has 1 atom stereocenters. The number of anilines is 1. The molecule has 9 nitrogen and oxygen atoms in total. The molecule has 2 aromatic carbocycles. The van der Waals surface area contributed by atoms with Gasteiger partial charge in [0.05, 0.1) is 6.54 Å². The second kappa shape index (κ2) is 15.1. The van der Waals surface area contributed by atoms with E-state index < -0.39 is 23.8 Å². The fourth-order valence-electron chi connectivity index (χ4n) is 4.00. The summed E-state index contributed by atoms with van der Waals surface area (Å²) in [5.74, 6) is 0.242. The summed E-state index contributed by atoms with van der Waals surface area (Å²) >= 11 is 0. The van der Waals surface area contributed by atoms with Gasteiger partial charge in [-0.1, -0.05) is 49.4 Å². The highest BCUT2D eigenvalue weighted by molar-refractivity contribution is 5.68. The molecule has 0 saturated carbocycles. The fraction of sp³-hybridized carbons (Fsp3) is 0.448. The van der Waals surface area contributed by atoms with Crippen LogP contribution in [0.15, 0.2) is 64.2 Å². The van der Waals surface area contributed by atoms with Crippen molar-refractivity contribution in [1.82, 2.24) is 14.3 Å². The van der Waals surface area contributed by atoms with Gasteiger partial charge in [-0.25, -0.2) is 9.48 Å². The average molecular weight is 577 g/mol. The predicted octanol–water partition coefficient (Wildman–Crippen LogP) is 4.56. The van der Waals surface area contributed by atoms with E-state index in [9.17, 15) is 27.6 Å². The second-order valence-electron chi connectivity index (χ2n) is 9.59. The van der Waals surface area contributed by atoms with Gasteiger partial charge in [-0.05, 0) is 49.4 Å². The van der Waals surface area contributed by atoms with E-state index in [1.54, 1.807) is 50.2 Å². The number of nitrogens with one attached hydrogen (secondary N) is 1. The summed E-state index contributed by atoms with van der Waals surface area (Å²) in [5.41, 5.74) is 0.278. The molecule has 41 heavy (non-hydrogen) atoms. The molecular weight excluding hydrogens is 541 g/mol. The van der Waals surface area contributed by atoms with Crippen molar-refractivity contribution in [2.75, 3.05) is 18.5 Å². The first-order valence-electron chi connectivity index (χ1n) is 13.5. The van der Waals surface area contributed by atoms with E-state index in [2.05, 4.69) is 10.4 Å². The molecule has 0 saturated heterocycles. The van der Waals surface area contributed by atoms with Gasteiger partial charge in [0.15, 0.2) is 0 Å². The van der Waals surface area contributed by atoms with Crippen molar-refractivity contribution in [2.24, 2.45) is 0 Å². The maximum atomic E-state index is 13.1. The molecule has 0 spiro atoms. The number of rotatable bonds is 15. The number of ether oxygens (including phenoxy) is 2. The van der Waals surface area contributed by atoms with Crippen molar-refractivity contribution in [1.29, 1.82) is 0 Å². The third-order valence-electron chi connectivity index (χ3n) is 6.07. The van der Waals surface area contributed by atoms with Gasteiger partial charge >= 0.3 is 17.8 Å². The van der Waals surface area contributed by atoms with Crippen LogP contribution in [0.1, 0.15) is 50.7 Å². The van der Waals surface area contributed by atoms with Crippen LogP contribution in [0.5, 0.6) is 5.75 Å². The Morgan fingerprint density at radius 2 is 1.78 bits per heavy atom. The molecular formula is C29H35F3N4O5. The van der Waals surface area contributed by atoms with Crippen LogP contribution in [0, 0.1) is 0 Å². The van der Waals surface area contributed by atoms with E-state index in [0.29, 0.717) is 37.1 Å². The number of esters is 1. The van der Waals surface area contributed by atoms with Crippen LogP contribution in [0.4, 0.5) is 19.0 Å². The Hall–Kier alpha value is -4.09. The van der Waals surface area contributed by atoms with E-state index in [0.717, 1.165) is 14.8 Å². The number of benzene rings is 2. The van der Waals surface area contributed by atoms with Gasteiger partial charge in [0.25, 0.3) is 5.56 Å². The molecule has 0 amide bonds. The first-order chi connectivity index (χ1) is 19.6. The average Bonchev–Trinajstić information content (AvgIpc) is 2.94. The van der Waals surface area contributed by atoms with Gasteiger partial charge in [-0.2, -0.15) is 13.2 Å². The molecule has 0 fully saturated rings. The zero-order valence-corrected chi connectivity index (χ0v) is 23.2. The topological polar surface area (TPSA) is 104 Å². The summed E-state index contributed by atoms with van der Waals surface area (Å²) in [5, 5.41) is 7.01. The summed E-state index contributed by atoms with van der Waals surface area (Å²) in [6, 6.07) is 16.3. The van der Waals surface area contributed by atoms with Gasteiger partial charge in [-0.3, -0.25) is 14.2 Å². The minimum Gasteiger partial charge on any atom is -0.487 e. The van der Waals surface area contributed by atoms with Gasteiger partial charge in [0.2, 0.25) is 5.82 Å². The van der Waals surface area contributed by atoms with Crippen molar-refractivity contribution < 1.29 is 27.4 Å². The highest BCUT2D eigenvalue weighted by atomic mass is 19.4. The number of aryl methyl sites for hydroxylation is 2. The monoisotopic (exact) mass is 576 g/mol. The van der Waals surface area contributed by atoms with Gasteiger partial charge in [0.1, 0.15) is 18.5 Å². The highest BCUT2D eigenvalue weighted by Gasteiger charge is 2.26. The lowest BCUT2D eigenvalue weighted by molar-refractivity contribution is -0.145. The first-order valence-corrected chi connectivity index (χ1v) is 13.5. The van der Waals surface area contributed by atoms with E-state index in [1.165, 1.54) is 0 Å². The number of carbonyl (C=O) groups excluding carboxylic acids is 1. The number of hydrogen-bond acceptors (Lipinski definition) is 7. The van der Waals surface area contributed by atoms with E-state index >= 15 is 0 Å². The Morgan fingerprint density at radius 3 is 2.49 bits per heavy atom. The van der Waals surface area contributed by atoms with Crippen molar-refractivity contribution in [2.45, 2.75) is 71.3 Å². The third kappa shape index (κ3) is 10.4. The third-order valence-corrected chi connectivity index (χ3v) is 6.07. The number of nitrogens with zero attached hydrogens (tertiary/aromatic N) is 3. The summed E-state index contributed by atoms with van der Waals surface area (Å²) in [4.78, 5) is 37.4. The summed E-state index contributed by atoms with van der Waals surface area (Å²) in [6.45, 7) is 3.71. The summed E-state index contributed by atoms with van der Waals surface area (Å²) < 4.78 is 50.9. The molecule has 1 aromatic heterocycles. The molecule has 222 valence electrons. The van der Waals surface area contributed by atoms with Crippen LogP contribution in [-0.2, 0) is 29.0 Å². The van der Waals surface area contributed by atoms with Crippen molar-refractivity contribution in [3.8, 4) is 5.75 Å². The number of alkyl halides is 3. The lowest BCUT2D eigenvalue weighted by atomic mass is 10.1. The molecule has 0 aliphatic carbocycles. The van der Waals surface area contributed by atoms with Crippen LogP contribution in [0.25, 0.3) is 0 Å². The van der Waals surface area contributed by atoms with Gasteiger partial charge < -0.3 is 14.8 Å². The predicted molar refractivity (Wildman–Crippen MR) is 148 cm³/mol. The Balaban J connectivity index is 1.65. The minimum absolute atomic E-state index is 0.0299. The Kier molecular flexibility index (Phi) is 11.5. The van der Waals surface area contributed by atoms with Crippen molar-refractivity contribution >= 4 is 11.8 Å². The zero-order chi connectivity index (χ0) is 29.8. The smallest absolute Gasteiger partial charge is 0.389 e. The number of aromatic nitrogens is 3. The van der Waals surface area contributed by atoms with Crippen LogP contribution in [0.2, 0.25) is 0 Å². The quantitative estimate of drug-likeness (QED) is 0.209. The zero-order valence-electron chi connectivity index (χ0n) is 23.2. The minimum atomic E-state index is -4.36. The van der Waals surface area contributed by atoms with Crippen molar-refractivity contribution in [3.63, 3.8) is 0 Å². The standard InChI is InChI=1S/C29H35F3N4O5/c1-3-25(37)40-20-21(2)41-24-14-7-12-22(18-24)13-8-16-33-26-27(38)35(19-23-10-5-4-6-11-23)28(39)36(34-26)17-9-15-29(30,31)32/h4-7,10-12,14,18,21H,3,8-9,13,15-17,19-20H2,1-2H3,(H,33,34). The largest absolute Gasteiger partial charge is 0.487 e. The summed E-state index contributed by atoms with van der Waals surface area (Å²) in [7, 11) is 0. The maximum Gasteiger partial charge on any atom is 0.389 e. The molecule has 0 aliphatic rings. The molecule has 1 unspecified atom stereocenters. The van der Waals surface area contributed by atoms with Crippen LogP contribution in [-0.4, -0.2) is 45.7 Å². The Bertz CT molecular complexity index is 1390. The van der Waals surface area contributed by atoms with Crippen LogP contribution >= 0.6 is 0 Å². The molecule has 0 aliphatic heterocycles. The molecule has 0 bridgehead atoms. The number of halogens is 3. The highest BCUT2D eigenvalue weighted by Crippen LogP contribution is 2.21. The maximum absolute atomic E-state index is 13.1. The Labute approximate surface area is 235 Å². The van der Waals surface area contributed by atoms with Gasteiger partial charge in [0, 0.05) is 25.9 Å². The van der Waals surface area contributed by atoms with Gasteiger partial charge in [-0.15, -0.1) is 5.10 Å². The Morgan fingerprint density at radius 1 is 1.05 bits per heavy atom. The molecule has 0 radical (unpaired) electrons. The lowest BCUT2D eigenvalue weighted by Gasteiger charge is -2.15. The molecule has 1 heterocycles. The van der Waals surface area contributed by atoms with Crippen LogP contribution < -0.4 is 21.3 Å². The van der Waals surface area contributed by atoms with E-state index in [-0.39, 0.29) is 44.0 Å². The molecule has 12 heteroatoms. The number of carbonyl (C=O) groups is 1. The first kappa shape index (κ1) is 31.4. The van der Waals surface area contributed by atoms with Crippen LogP contribution in [0.3, 0.4) is 0 Å². The normalized spacial score (nSPS) is 12.1. The molecule has 3 aromatic rings. The fourth-order valence-corrected chi connectivity index (χ4v) is 4.00. The molecule has 1 N–H and O–H groups in total. The lowest BCUT2D eigenvalue weighted by Crippen LogP contribution is -2.43. The SMILES string of the molecule is CCC(=O)OCC(C)Oc1cccc(CCCNc2nn(CCCC(F)(F)F)c(=O)n(Cc3ccccc3)c2=O)c1. The van der Waals surface area contributed by atoms with E-state index in [4.69, 9.17) is 9.47 Å². The van der Waals surface area contributed by atoms with Crippen molar-refractivity contribution in [3.05, 3.63) is 86.6 Å². The second-order valence-corrected chi connectivity index (χ2v) is 9.59. The van der Waals surface area contributed by atoms with E-state index in [1.807, 2.05) is 18.2 Å². The molecule has 3 rings (SSSR count). The number of hydrogen-bond donors (Lipinski definition) is 1.